The van der Waals surface area contributed by atoms with Gasteiger partial charge in [-0.2, -0.15) is 0 Å². The average Bonchev–Trinajstić information content (AvgIpc) is 1.68. The highest BCUT2D eigenvalue weighted by molar-refractivity contribution is 4.90. The molecule has 0 unspecified atom stereocenters. The van der Waals surface area contributed by atoms with E-state index in [1.807, 2.05) is 0 Å². The second kappa shape index (κ2) is 7.47. The SMILES string of the molecule is C/C(O)=C(\C)F.CCC. The lowest BCUT2D eigenvalue weighted by Gasteiger charge is -1.82. The molecule has 2 heteroatoms. The van der Waals surface area contributed by atoms with Crippen molar-refractivity contribution in [3.8, 4) is 0 Å². The molecule has 0 aliphatic heterocycles. The first kappa shape index (κ1) is 11.3. The molecule has 1 N–H and O–H groups in total. The molecule has 56 valence electrons. The Labute approximate surface area is 56.2 Å². The van der Waals surface area contributed by atoms with Gasteiger partial charge in [-0.1, -0.05) is 20.3 Å². The number of aliphatic hydroxyl groups excluding tert-OH is 1. The fourth-order valence-corrected chi connectivity index (χ4v) is 0. The average molecular weight is 134 g/mol. The van der Waals surface area contributed by atoms with Crippen LogP contribution >= 0.6 is 0 Å². The minimum absolute atomic E-state index is 0.241. The van der Waals surface area contributed by atoms with Crippen LogP contribution in [0.15, 0.2) is 11.6 Å². The van der Waals surface area contributed by atoms with Gasteiger partial charge >= 0.3 is 0 Å². The third kappa shape index (κ3) is 18.6. The summed E-state index contributed by atoms with van der Waals surface area (Å²) < 4.78 is 11.5. The van der Waals surface area contributed by atoms with E-state index in [1.165, 1.54) is 20.3 Å². The van der Waals surface area contributed by atoms with Gasteiger partial charge in [-0.25, -0.2) is 4.39 Å². The fourth-order valence-electron chi connectivity index (χ4n) is 0. The molecule has 1 nitrogen and oxygen atoms in total. The van der Waals surface area contributed by atoms with E-state index in [9.17, 15) is 4.39 Å². The summed E-state index contributed by atoms with van der Waals surface area (Å²) in [5, 5.41) is 8.13. The zero-order valence-electron chi connectivity index (χ0n) is 6.53. The summed E-state index contributed by atoms with van der Waals surface area (Å²) in [5.74, 6) is -0.759. The number of hydrogen-bond donors (Lipinski definition) is 1. The van der Waals surface area contributed by atoms with Crippen molar-refractivity contribution < 1.29 is 9.50 Å². The predicted octanol–water partition coefficient (Wildman–Crippen LogP) is 3.18. The summed E-state index contributed by atoms with van der Waals surface area (Å²) in [6.07, 6.45) is 1.25. The van der Waals surface area contributed by atoms with Crippen LogP contribution in [0.25, 0.3) is 0 Å². The first-order valence-corrected chi connectivity index (χ1v) is 3.08. The van der Waals surface area contributed by atoms with E-state index in [0.717, 1.165) is 0 Å². The normalized spacial score (nSPS) is 11.2. The Morgan fingerprint density at radius 2 is 1.44 bits per heavy atom. The van der Waals surface area contributed by atoms with Crippen molar-refractivity contribution in [3.05, 3.63) is 11.6 Å². The first-order valence-electron chi connectivity index (χ1n) is 3.08. The minimum Gasteiger partial charge on any atom is -0.510 e. The van der Waals surface area contributed by atoms with Crippen molar-refractivity contribution in [1.82, 2.24) is 0 Å². The number of rotatable bonds is 0. The van der Waals surface area contributed by atoms with Crippen LogP contribution in [0, 0.1) is 0 Å². The van der Waals surface area contributed by atoms with Crippen molar-refractivity contribution in [2.75, 3.05) is 0 Å². The molecule has 0 aliphatic rings. The molecule has 0 aliphatic carbocycles. The quantitative estimate of drug-likeness (QED) is 0.504. The maximum Gasteiger partial charge on any atom is 0.134 e. The molecule has 0 spiro atoms. The molecule has 0 aromatic rings. The second-order valence-electron chi connectivity index (χ2n) is 1.83. The number of allylic oxidation sites excluding steroid dienone is 2. The van der Waals surface area contributed by atoms with Gasteiger partial charge in [-0.15, -0.1) is 0 Å². The van der Waals surface area contributed by atoms with Crippen molar-refractivity contribution >= 4 is 0 Å². The van der Waals surface area contributed by atoms with Gasteiger partial charge in [-0.05, 0) is 13.8 Å². The summed E-state index contributed by atoms with van der Waals surface area (Å²) >= 11 is 0. The Balaban J connectivity index is 0. The van der Waals surface area contributed by atoms with Crippen LogP contribution < -0.4 is 0 Å². The zero-order chi connectivity index (χ0) is 7.86. The summed E-state index contributed by atoms with van der Waals surface area (Å²) in [4.78, 5) is 0. The van der Waals surface area contributed by atoms with Gasteiger partial charge in [0.15, 0.2) is 0 Å². The summed E-state index contributed by atoms with van der Waals surface area (Å²) in [6.45, 7) is 6.75. The summed E-state index contributed by atoms with van der Waals surface area (Å²) in [7, 11) is 0. The van der Waals surface area contributed by atoms with Crippen molar-refractivity contribution in [3.63, 3.8) is 0 Å². The molecule has 0 bridgehead atoms. The standard InChI is InChI=1S/C4H7FO.C3H8/c1-3(5)4(2)6;1-3-2/h6H,1-2H3;3H2,1-2H3/b4-3-;. The molecule has 0 heterocycles. The van der Waals surface area contributed by atoms with Gasteiger partial charge < -0.3 is 5.11 Å². The second-order valence-corrected chi connectivity index (χ2v) is 1.83. The van der Waals surface area contributed by atoms with E-state index in [1.54, 1.807) is 0 Å². The molecular formula is C7H15FO. The van der Waals surface area contributed by atoms with Gasteiger partial charge in [-0.3, -0.25) is 0 Å². The van der Waals surface area contributed by atoms with E-state index >= 15 is 0 Å². The lowest BCUT2D eigenvalue weighted by atomic mass is 10.5. The molecule has 0 saturated carbocycles. The molecule has 0 aromatic carbocycles. The maximum absolute atomic E-state index is 11.5. The van der Waals surface area contributed by atoms with Crippen LogP contribution in [-0.2, 0) is 0 Å². The summed E-state index contributed by atoms with van der Waals surface area (Å²) in [5.41, 5.74) is 0. The van der Waals surface area contributed by atoms with Gasteiger partial charge in [0.05, 0.1) is 0 Å². The monoisotopic (exact) mass is 134 g/mol. The van der Waals surface area contributed by atoms with E-state index in [4.69, 9.17) is 5.11 Å². The van der Waals surface area contributed by atoms with Crippen LogP contribution in [0.2, 0.25) is 0 Å². The van der Waals surface area contributed by atoms with Crippen LogP contribution in [0.3, 0.4) is 0 Å². The van der Waals surface area contributed by atoms with E-state index in [0.29, 0.717) is 0 Å². The Kier molecular flexibility index (Phi) is 9.37. The molecular weight excluding hydrogens is 119 g/mol. The molecule has 0 fully saturated rings. The first-order chi connectivity index (χ1) is 4.06. The maximum atomic E-state index is 11.5. The van der Waals surface area contributed by atoms with E-state index in [2.05, 4.69) is 13.8 Å². The van der Waals surface area contributed by atoms with Crippen LogP contribution in [0.5, 0.6) is 0 Å². The topological polar surface area (TPSA) is 20.2 Å². The number of halogens is 1. The molecule has 0 atom stereocenters. The van der Waals surface area contributed by atoms with Crippen molar-refractivity contribution in [1.29, 1.82) is 0 Å². The van der Waals surface area contributed by atoms with Gasteiger partial charge in [0, 0.05) is 0 Å². The molecule has 0 rings (SSSR count). The highest BCUT2D eigenvalue weighted by atomic mass is 19.1. The van der Waals surface area contributed by atoms with Crippen molar-refractivity contribution in [2.45, 2.75) is 34.1 Å². The highest BCUT2D eigenvalue weighted by Gasteiger charge is 1.84. The van der Waals surface area contributed by atoms with Crippen molar-refractivity contribution in [2.24, 2.45) is 0 Å². The minimum atomic E-state index is -0.519. The Morgan fingerprint density at radius 1 is 1.33 bits per heavy atom. The van der Waals surface area contributed by atoms with Crippen LogP contribution in [-0.4, -0.2) is 5.11 Å². The van der Waals surface area contributed by atoms with Gasteiger partial charge in [0.1, 0.15) is 11.6 Å². The van der Waals surface area contributed by atoms with Crippen LogP contribution in [0.1, 0.15) is 34.1 Å². The molecule has 0 aromatic heterocycles. The summed E-state index contributed by atoms with van der Waals surface area (Å²) in [6, 6.07) is 0. The molecule has 0 amide bonds. The molecule has 0 saturated heterocycles. The lowest BCUT2D eigenvalue weighted by molar-refractivity contribution is 0.383. The van der Waals surface area contributed by atoms with E-state index < -0.39 is 5.83 Å². The van der Waals surface area contributed by atoms with E-state index in [-0.39, 0.29) is 5.76 Å². The largest absolute Gasteiger partial charge is 0.510 e. The zero-order valence-corrected chi connectivity index (χ0v) is 6.53. The number of hydrogen-bond acceptors (Lipinski definition) is 1. The number of aliphatic hydroxyl groups is 1. The third-order valence-electron chi connectivity index (χ3n) is 0.499. The Hall–Kier alpha value is -0.530. The predicted molar refractivity (Wildman–Crippen MR) is 38.1 cm³/mol. The highest BCUT2D eigenvalue weighted by Crippen LogP contribution is 1.97. The Morgan fingerprint density at radius 3 is 1.44 bits per heavy atom. The van der Waals surface area contributed by atoms with Crippen LogP contribution in [0.4, 0.5) is 4.39 Å². The fraction of sp³-hybridized carbons (Fsp3) is 0.714. The van der Waals surface area contributed by atoms with Gasteiger partial charge in [0.2, 0.25) is 0 Å². The molecule has 0 radical (unpaired) electrons. The molecule has 9 heavy (non-hydrogen) atoms. The Bertz CT molecular complexity index is 68.9. The van der Waals surface area contributed by atoms with Gasteiger partial charge in [0.25, 0.3) is 0 Å². The lowest BCUT2D eigenvalue weighted by Crippen LogP contribution is -1.70. The third-order valence-corrected chi connectivity index (χ3v) is 0.499. The smallest absolute Gasteiger partial charge is 0.134 e.